The molecule has 0 spiro atoms. The highest BCUT2D eigenvalue weighted by molar-refractivity contribution is 5.93. The Hall–Kier alpha value is -2.08. The van der Waals surface area contributed by atoms with Gasteiger partial charge in [-0.05, 0) is 82.1 Å². The van der Waals surface area contributed by atoms with Gasteiger partial charge in [-0.15, -0.1) is 0 Å². The largest absolute Gasteiger partial charge is 0.344 e. The number of amides is 2. The van der Waals surface area contributed by atoms with E-state index in [9.17, 15) is 19.2 Å². The maximum absolute atomic E-state index is 13.8. The van der Waals surface area contributed by atoms with Gasteiger partial charge in [0.2, 0.25) is 11.8 Å². The molecule has 0 fully saturated rings. The molecule has 0 radical (unpaired) electrons. The summed E-state index contributed by atoms with van der Waals surface area (Å²) in [6.07, 6.45) is 2.09. The van der Waals surface area contributed by atoms with Crippen molar-refractivity contribution in [3.05, 3.63) is 0 Å². The normalized spacial score (nSPS) is 15.2. The predicted molar refractivity (Wildman–Crippen MR) is 232 cm³/mol. The lowest BCUT2D eigenvalue weighted by Gasteiger charge is -2.32. The first-order valence-corrected chi connectivity index (χ1v) is 21.2. The summed E-state index contributed by atoms with van der Waals surface area (Å²) >= 11 is 0. The summed E-state index contributed by atoms with van der Waals surface area (Å²) in [7, 11) is 17.6. The Balaban J connectivity index is 5.44. The van der Waals surface area contributed by atoms with Crippen LogP contribution < -0.4 is 26.6 Å². The molecule has 0 saturated heterocycles. The molecule has 56 heavy (non-hydrogen) atoms. The van der Waals surface area contributed by atoms with Crippen LogP contribution >= 0.6 is 0 Å². The van der Waals surface area contributed by atoms with E-state index in [0.717, 1.165) is 84.8 Å². The summed E-state index contributed by atoms with van der Waals surface area (Å²) in [6.45, 7) is 20.7. The van der Waals surface area contributed by atoms with Gasteiger partial charge in [0.1, 0.15) is 5.78 Å². The van der Waals surface area contributed by atoms with Crippen molar-refractivity contribution in [3.8, 4) is 0 Å². The summed E-state index contributed by atoms with van der Waals surface area (Å²) in [5.74, 6) is -0.800. The van der Waals surface area contributed by atoms with Crippen LogP contribution in [0.2, 0.25) is 0 Å². The monoisotopic (exact) mass is 798 g/mol. The van der Waals surface area contributed by atoms with E-state index >= 15 is 0 Å². The highest BCUT2D eigenvalue weighted by Crippen LogP contribution is 2.20. The average Bonchev–Trinajstić information content (AvgIpc) is 3.18. The van der Waals surface area contributed by atoms with Crippen LogP contribution in [0.1, 0.15) is 60.3 Å². The van der Waals surface area contributed by atoms with Gasteiger partial charge in [0.15, 0.2) is 5.78 Å². The molecule has 0 saturated carbocycles. The third kappa shape index (κ3) is 22.8. The van der Waals surface area contributed by atoms with E-state index in [-0.39, 0.29) is 54.1 Å². The first-order valence-electron chi connectivity index (χ1n) is 21.2. The number of Topliss-reactive ketones (excluding diaryl/α,β-unsaturated/α-hetero) is 2. The topological polar surface area (TPSA) is 148 Å². The summed E-state index contributed by atoms with van der Waals surface area (Å²) in [5, 5.41) is 16.2. The molecule has 0 aliphatic rings. The van der Waals surface area contributed by atoms with Crippen molar-refractivity contribution >= 4 is 23.4 Å². The van der Waals surface area contributed by atoms with Gasteiger partial charge in [-0.2, -0.15) is 0 Å². The molecule has 0 aromatic carbocycles. The van der Waals surface area contributed by atoms with E-state index in [1.807, 2.05) is 41.8 Å². The molecule has 5 N–H and O–H groups in total. The van der Waals surface area contributed by atoms with Crippen molar-refractivity contribution in [2.24, 2.45) is 11.8 Å². The van der Waals surface area contributed by atoms with Crippen LogP contribution in [0.4, 0.5) is 0 Å². The highest BCUT2D eigenvalue weighted by Gasteiger charge is 2.33. The van der Waals surface area contributed by atoms with Crippen molar-refractivity contribution in [2.75, 3.05) is 149 Å². The second-order valence-corrected chi connectivity index (χ2v) is 16.3. The van der Waals surface area contributed by atoms with Crippen LogP contribution in [0.3, 0.4) is 0 Å². The number of nitrogens with one attached hydrogen (secondary N) is 5. The second-order valence-electron chi connectivity index (χ2n) is 16.3. The minimum absolute atomic E-state index is 0.0143. The number of hydrogen-bond acceptors (Lipinski definition) is 13. The zero-order valence-electron chi connectivity index (χ0n) is 38.3. The Morgan fingerprint density at radius 3 is 1.50 bits per heavy atom. The Morgan fingerprint density at radius 1 is 0.571 bits per heavy atom. The zero-order valence-corrected chi connectivity index (χ0v) is 38.3. The number of ketones is 2. The smallest absolute Gasteiger partial charge is 0.239 e. The first kappa shape index (κ1) is 53.9. The van der Waals surface area contributed by atoms with Crippen molar-refractivity contribution in [1.29, 1.82) is 0 Å². The number of unbranched alkanes of at least 4 members (excludes halogenated alkanes) is 1. The van der Waals surface area contributed by atoms with Crippen LogP contribution in [0.25, 0.3) is 0 Å². The first-order chi connectivity index (χ1) is 26.4. The highest BCUT2D eigenvalue weighted by atomic mass is 16.2. The van der Waals surface area contributed by atoms with E-state index < -0.39 is 18.1 Å². The fourth-order valence-corrected chi connectivity index (χ4v) is 6.24. The fourth-order valence-electron chi connectivity index (χ4n) is 6.24. The molecule has 15 heteroatoms. The van der Waals surface area contributed by atoms with E-state index in [2.05, 4.69) is 81.3 Å². The van der Waals surface area contributed by atoms with Gasteiger partial charge in [0.25, 0.3) is 0 Å². The van der Waals surface area contributed by atoms with Gasteiger partial charge < -0.3 is 56.0 Å². The third-order valence-electron chi connectivity index (χ3n) is 11.4. The third-order valence-corrected chi connectivity index (χ3v) is 11.4. The molecule has 0 heterocycles. The minimum atomic E-state index is -0.709. The molecule has 0 aliphatic carbocycles. The molecule has 0 bridgehead atoms. The molecule has 0 aliphatic heterocycles. The fraction of sp³-hybridized carbons (Fsp3) is 0.902. The predicted octanol–water partition coefficient (Wildman–Crippen LogP) is -0.0273. The van der Waals surface area contributed by atoms with E-state index in [1.54, 1.807) is 30.9 Å². The van der Waals surface area contributed by atoms with Gasteiger partial charge >= 0.3 is 0 Å². The number of nitrogens with zero attached hydrogens (tertiary/aromatic N) is 6. The summed E-state index contributed by atoms with van der Waals surface area (Å²) in [5.41, 5.74) is 0. The van der Waals surface area contributed by atoms with Crippen LogP contribution in [-0.4, -0.2) is 225 Å². The van der Waals surface area contributed by atoms with Crippen LogP contribution in [-0.2, 0) is 19.2 Å². The maximum atomic E-state index is 13.8. The van der Waals surface area contributed by atoms with Gasteiger partial charge in [0.05, 0.1) is 18.1 Å². The van der Waals surface area contributed by atoms with Crippen molar-refractivity contribution < 1.29 is 19.2 Å². The molecular formula is C41H87N11O4. The summed E-state index contributed by atoms with van der Waals surface area (Å²) in [6, 6.07) is -2.00. The lowest BCUT2D eigenvalue weighted by molar-refractivity contribution is -0.135. The Bertz CT molecular complexity index is 1090. The molecule has 2 amide bonds. The number of hydrogen-bond donors (Lipinski definition) is 5. The Labute approximate surface area is 342 Å². The second kappa shape index (κ2) is 30.9. The van der Waals surface area contributed by atoms with E-state index in [1.165, 1.54) is 0 Å². The van der Waals surface area contributed by atoms with Crippen LogP contribution in [0.15, 0.2) is 0 Å². The molecule has 15 nitrogen and oxygen atoms in total. The van der Waals surface area contributed by atoms with E-state index in [4.69, 9.17) is 0 Å². The summed E-state index contributed by atoms with van der Waals surface area (Å²) < 4.78 is 0. The van der Waals surface area contributed by atoms with Crippen LogP contribution in [0, 0.1) is 11.8 Å². The SMILES string of the molecule is CCCCNC(C)C(=O)C(CC(=O)N(C)CCN(C)CCN(C)CCNC)NC(C)C(C)C(C)C(=O)CC(NC)C(=O)N(C)CCN(C)CCN(C)CCNC. The zero-order chi connectivity index (χ0) is 42.8. The molecule has 0 aromatic rings. The lowest BCUT2D eigenvalue weighted by atomic mass is 9.83. The summed E-state index contributed by atoms with van der Waals surface area (Å²) in [4.78, 5) is 66.9. The van der Waals surface area contributed by atoms with Gasteiger partial charge in [-0.25, -0.2) is 0 Å². The molecule has 0 aromatic heterocycles. The maximum Gasteiger partial charge on any atom is 0.239 e. The molecule has 6 unspecified atom stereocenters. The Morgan fingerprint density at radius 2 is 1.04 bits per heavy atom. The minimum Gasteiger partial charge on any atom is -0.344 e. The van der Waals surface area contributed by atoms with Crippen molar-refractivity contribution in [1.82, 2.24) is 56.0 Å². The molecular weight excluding hydrogens is 711 g/mol. The van der Waals surface area contributed by atoms with Crippen molar-refractivity contribution in [3.63, 3.8) is 0 Å². The van der Waals surface area contributed by atoms with Crippen molar-refractivity contribution in [2.45, 2.75) is 84.5 Å². The lowest BCUT2D eigenvalue weighted by Crippen LogP contribution is -2.53. The standard InChI is InChI=1S/C41H87N11O4/c1-15-16-17-45-35(5)40(55)36(31-39(54)51(13)28-26-49(11)24-22-47(9)20-18-42-6)46-34(4)32(2)33(3)38(53)30-37(44-8)41(56)52(14)29-27-50(12)25-23-48(10)21-19-43-7/h32-37,42-46H,15-31H2,1-14H3. The molecule has 6 atom stereocenters. The van der Waals surface area contributed by atoms with Gasteiger partial charge in [0, 0.05) is 117 Å². The Kier molecular flexibility index (Phi) is 29.8. The number of rotatable bonds is 35. The van der Waals surface area contributed by atoms with E-state index in [0.29, 0.717) is 13.1 Å². The average molecular weight is 798 g/mol. The van der Waals surface area contributed by atoms with Gasteiger partial charge in [-0.3, -0.25) is 19.2 Å². The number of likely N-dealkylation sites (N-methyl/N-ethyl adjacent to an activating group) is 9. The molecule has 0 rings (SSSR count). The quantitative estimate of drug-likeness (QED) is 0.0548. The number of carbonyl (C=O) groups is 4. The number of carbonyl (C=O) groups excluding carboxylic acids is 4. The van der Waals surface area contributed by atoms with Crippen LogP contribution in [0.5, 0.6) is 0 Å². The van der Waals surface area contributed by atoms with Gasteiger partial charge in [-0.1, -0.05) is 27.2 Å². The molecule has 330 valence electrons.